The van der Waals surface area contributed by atoms with Gasteiger partial charge < -0.3 is 15.5 Å². The fraction of sp³-hybridized carbons (Fsp3) is 0.521. The Morgan fingerprint density at radius 1 is 1.02 bits per heavy atom. The van der Waals surface area contributed by atoms with Crippen LogP contribution in [0.4, 0.5) is 0 Å². The number of hydrogen-bond acceptors (Lipinski definition) is 7. The van der Waals surface area contributed by atoms with Crippen molar-refractivity contribution in [3.63, 3.8) is 0 Å². The zero-order chi connectivity index (χ0) is 44.5. The highest BCUT2D eigenvalue weighted by atomic mass is 32.2. The highest BCUT2D eigenvalue weighted by molar-refractivity contribution is 7.98. The van der Waals surface area contributed by atoms with Gasteiger partial charge in [-0.2, -0.15) is 11.8 Å². The van der Waals surface area contributed by atoms with Gasteiger partial charge in [0.25, 0.3) is 5.91 Å². The number of carboxylic acid groups (broad SMARTS) is 2. The Labute approximate surface area is 360 Å². The molecule has 1 amide bonds. The average molecular weight is 853 g/mol. The number of hydrogen-bond donors (Lipinski definition) is 3. The van der Waals surface area contributed by atoms with E-state index < -0.39 is 33.7 Å². The second-order valence-electron chi connectivity index (χ2n) is 15.3. The van der Waals surface area contributed by atoms with Gasteiger partial charge in [-0.1, -0.05) is 113 Å². The summed E-state index contributed by atoms with van der Waals surface area (Å²) in [4.78, 5) is 38.2. The van der Waals surface area contributed by atoms with E-state index in [1.807, 2.05) is 49.6 Å². The van der Waals surface area contributed by atoms with Crippen molar-refractivity contribution in [2.24, 2.45) is 5.92 Å². The molecule has 1 heterocycles. The Kier molecular flexibility index (Phi) is 25.7. The van der Waals surface area contributed by atoms with Crippen LogP contribution in [0.25, 0.3) is 11.1 Å². The summed E-state index contributed by atoms with van der Waals surface area (Å²) in [6.45, 7) is 19.1. The van der Waals surface area contributed by atoms with Crippen LogP contribution in [-0.2, 0) is 26.0 Å². The minimum atomic E-state index is -3.39. The summed E-state index contributed by atoms with van der Waals surface area (Å²) in [5, 5.41) is 20.7. The standard InChI is InChI=1S/C35H46N2O5S.C7H14.C6H12O2S/c1-6-9-14-26(8-3)22-29-18-17-28(12-7-2)37(29)24-27-16-19-31(32(23-27)30-15-11-10-13-25(30)4)34(38)36-33(35(39)40)20-21-43(5,41)42;1-4-6-7(3)5-2;1-5(6(7)8)3-4-9-2/h6,8-11,13-16,19,23,28-29,33H,1,7,12,17-18,20-22,24H2,2-5H3,(H,36,38)(H,39,40);6H,4-5H2,1-3H3;5H,3-4H2,1-2H3,(H,7,8)/b14-9-,26-8+;7-6-;. The number of carbonyl (C=O) groups excluding carboxylic acids is 1. The molecular formula is C48H72N2O7S2. The Hall–Kier alpha value is -3.93. The van der Waals surface area contributed by atoms with Gasteiger partial charge in [-0.15, -0.1) is 0 Å². The van der Waals surface area contributed by atoms with E-state index in [-0.39, 0.29) is 18.1 Å². The second-order valence-corrected chi connectivity index (χ2v) is 18.6. The molecule has 2 aromatic rings. The van der Waals surface area contributed by atoms with Gasteiger partial charge in [0.1, 0.15) is 15.9 Å². The predicted octanol–water partition coefficient (Wildman–Crippen LogP) is 10.7. The van der Waals surface area contributed by atoms with Gasteiger partial charge in [0.05, 0.1) is 11.7 Å². The predicted molar refractivity (Wildman–Crippen MR) is 249 cm³/mol. The number of nitrogens with one attached hydrogen (secondary N) is 1. The van der Waals surface area contributed by atoms with E-state index in [0.29, 0.717) is 17.6 Å². The van der Waals surface area contributed by atoms with E-state index in [2.05, 4.69) is 75.7 Å². The normalized spacial score (nSPS) is 17.0. The van der Waals surface area contributed by atoms with E-state index in [0.717, 1.165) is 79.3 Å². The van der Waals surface area contributed by atoms with Crippen LogP contribution in [-0.4, -0.2) is 83.5 Å². The first-order valence-corrected chi connectivity index (χ1v) is 24.4. The van der Waals surface area contributed by atoms with Gasteiger partial charge in [-0.25, -0.2) is 13.2 Å². The molecule has 1 aliphatic rings. The fourth-order valence-corrected chi connectivity index (χ4v) is 8.07. The molecule has 1 fully saturated rings. The summed E-state index contributed by atoms with van der Waals surface area (Å²) in [7, 11) is -3.39. The zero-order valence-corrected chi connectivity index (χ0v) is 38.8. The summed E-state index contributed by atoms with van der Waals surface area (Å²) in [5.41, 5.74) is 6.84. The molecule has 0 saturated carbocycles. The third kappa shape index (κ3) is 20.3. The number of carboxylic acids is 2. The average Bonchev–Trinajstić information content (AvgIpc) is 3.56. The Morgan fingerprint density at radius 2 is 1.69 bits per heavy atom. The number of thioether (sulfide) groups is 1. The quantitative estimate of drug-likeness (QED) is 0.0827. The number of benzene rings is 2. The minimum absolute atomic E-state index is 0.183. The molecule has 3 rings (SSSR count). The van der Waals surface area contributed by atoms with Crippen LogP contribution in [0.1, 0.15) is 121 Å². The Bertz CT molecular complexity index is 1830. The number of rotatable bonds is 21. The number of sulfone groups is 1. The fourth-order valence-electron chi connectivity index (χ4n) is 6.81. The third-order valence-corrected chi connectivity index (χ3v) is 12.1. The highest BCUT2D eigenvalue weighted by Crippen LogP contribution is 2.35. The molecule has 11 heteroatoms. The summed E-state index contributed by atoms with van der Waals surface area (Å²) >= 11 is 1.68. The van der Waals surface area contributed by atoms with Crippen LogP contribution >= 0.6 is 11.8 Å². The van der Waals surface area contributed by atoms with E-state index in [1.165, 1.54) is 24.0 Å². The van der Waals surface area contributed by atoms with Crippen molar-refractivity contribution < 1.29 is 33.0 Å². The van der Waals surface area contributed by atoms with Crippen molar-refractivity contribution in [2.45, 2.75) is 131 Å². The Morgan fingerprint density at radius 3 is 2.22 bits per heavy atom. The molecule has 328 valence electrons. The van der Waals surface area contributed by atoms with Crippen LogP contribution in [0, 0.1) is 12.8 Å². The van der Waals surface area contributed by atoms with Crippen molar-refractivity contribution in [1.82, 2.24) is 10.2 Å². The molecule has 0 bridgehead atoms. The second kappa shape index (κ2) is 28.5. The van der Waals surface area contributed by atoms with Crippen LogP contribution in [0.15, 0.2) is 90.6 Å². The first-order chi connectivity index (χ1) is 28.0. The molecule has 2 aromatic carbocycles. The molecule has 0 radical (unpaired) electrons. The topological polar surface area (TPSA) is 141 Å². The summed E-state index contributed by atoms with van der Waals surface area (Å²) in [6.07, 6.45) is 21.8. The molecule has 1 saturated heterocycles. The number of carbonyl (C=O) groups is 3. The number of aryl methyl sites for hydroxylation is 1. The van der Waals surface area contributed by atoms with Gasteiger partial charge in [0.2, 0.25) is 0 Å². The first kappa shape index (κ1) is 53.1. The number of aliphatic carboxylic acids is 2. The summed E-state index contributed by atoms with van der Waals surface area (Å²) in [5.74, 6) is -2.08. The molecule has 9 nitrogen and oxygen atoms in total. The van der Waals surface area contributed by atoms with E-state index >= 15 is 0 Å². The smallest absolute Gasteiger partial charge is 0.326 e. The SMILES string of the molecule is C=C/C=C\C(=C/C)CC1CCC(CCC)N1Cc1ccc(C(=O)NC(CCS(C)(=O)=O)C(=O)O)c(-c2ccccc2C)c1.CC/C=C(/C)CC.CSCCC(C)C(=O)O. The third-order valence-electron chi connectivity index (χ3n) is 10.5. The zero-order valence-electron chi connectivity index (χ0n) is 37.1. The van der Waals surface area contributed by atoms with Crippen molar-refractivity contribution in [1.29, 1.82) is 0 Å². The lowest BCUT2D eigenvalue weighted by Crippen LogP contribution is -2.42. The van der Waals surface area contributed by atoms with Gasteiger partial charge in [-0.05, 0) is 119 Å². The maximum atomic E-state index is 13.5. The number of nitrogens with zero attached hydrogens (tertiary/aromatic N) is 1. The number of amides is 1. The van der Waals surface area contributed by atoms with Crippen molar-refractivity contribution in [3.8, 4) is 11.1 Å². The Balaban J connectivity index is 0.000000911. The van der Waals surface area contributed by atoms with Crippen molar-refractivity contribution in [3.05, 3.63) is 107 Å². The maximum absolute atomic E-state index is 13.5. The van der Waals surface area contributed by atoms with Gasteiger partial charge in [0.15, 0.2) is 0 Å². The lowest BCUT2D eigenvalue weighted by molar-refractivity contribution is -0.141. The molecule has 59 heavy (non-hydrogen) atoms. The molecule has 0 spiro atoms. The van der Waals surface area contributed by atoms with Gasteiger partial charge in [0, 0.05) is 30.4 Å². The maximum Gasteiger partial charge on any atom is 0.326 e. The first-order valence-electron chi connectivity index (χ1n) is 20.9. The van der Waals surface area contributed by atoms with E-state index in [9.17, 15) is 27.9 Å². The highest BCUT2D eigenvalue weighted by Gasteiger charge is 2.33. The lowest BCUT2D eigenvalue weighted by Gasteiger charge is -2.31. The van der Waals surface area contributed by atoms with Crippen LogP contribution < -0.4 is 5.32 Å². The van der Waals surface area contributed by atoms with Gasteiger partial charge >= 0.3 is 11.9 Å². The molecule has 0 aromatic heterocycles. The summed E-state index contributed by atoms with van der Waals surface area (Å²) < 4.78 is 23.3. The molecular weight excluding hydrogens is 781 g/mol. The van der Waals surface area contributed by atoms with Crippen molar-refractivity contribution in [2.75, 3.05) is 24.0 Å². The van der Waals surface area contributed by atoms with Crippen LogP contribution in [0.5, 0.6) is 0 Å². The summed E-state index contributed by atoms with van der Waals surface area (Å²) in [6, 6.07) is 13.1. The molecule has 3 N–H and O–H groups in total. The minimum Gasteiger partial charge on any atom is -0.481 e. The monoisotopic (exact) mass is 852 g/mol. The number of likely N-dealkylation sites (tertiary alicyclic amines) is 1. The van der Waals surface area contributed by atoms with Crippen LogP contribution in [0.3, 0.4) is 0 Å². The number of allylic oxidation sites excluding steroid dienone is 6. The lowest BCUT2D eigenvalue weighted by atomic mass is 9.93. The van der Waals surface area contributed by atoms with Crippen LogP contribution in [0.2, 0.25) is 0 Å². The molecule has 4 atom stereocenters. The van der Waals surface area contributed by atoms with E-state index in [4.69, 9.17) is 5.11 Å². The molecule has 1 aliphatic heterocycles. The van der Waals surface area contributed by atoms with E-state index in [1.54, 1.807) is 30.8 Å². The largest absolute Gasteiger partial charge is 0.481 e. The van der Waals surface area contributed by atoms with Crippen molar-refractivity contribution >= 4 is 39.4 Å². The van der Waals surface area contributed by atoms with Gasteiger partial charge in [-0.3, -0.25) is 14.5 Å². The molecule has 4 unspecified atom stereocenters. The molecule has 0 aliphatic carbocycles.